The van der Waals surface area contributed by atoms with Crippen molar-refractivity contribution in [1.82, 2.24) is 0 Å². The van der Waals surface area contributed by atoms with E-state index in [2.05, 4.69) is 33.0 Å². The van der Waals surface area contributed by atoms with E-state index in [9.17, 15) is 0 Å². The van der Waals surface area contributed by atoms with E-state index >= 15 is 0 Å². The Labute approximate surface area is 160 Å². The van der Waals surface area contributed by atoms with Gasteiger partial charge in [0, 0.05) is 6.42 Å². The van der Waals surface area contributed by atoms with E-state index in [-0.39, 0.29) is 48.0 Å². The first-order valence-electron chi connectivity index (χ1n) is 7.74. The van der Waals surface area contributed by atoms with Crippen LogP contribution in [0.4, 0.5) is 0 Å². The number of hydrogen-bond donors (Lipinski definition) is 1. The van der Waals surface area contributed by atoms with E-state index in [1.54, 1.807) is 11.8 Å². The minimum atomic E-state index is 0. The maximum absolute atomic E-state index is 2.60. The summed E-state index contributed by atoms with van der Waals surface area (Å²) >= 11 is 1.67. The fourth-order valence-corrected chi connectivity index (χ4v) is 3.28. The minimum Gasteiger partial charge on any atom is -1.00 e. The summed E-state index contributed by atoms with van der Waals surface area (Å²) in [4.78, 5) is 0. The average Bonchev–Trinajstić information content (AvgIpc) is 2.33. The molecule has 0 saturated carbocycles. The molecule has 0 rings (SSSR count). The van der Waals surface area contributed by atoms with Crippen LogP contribution in [0.5, 0.6) is 0 Å². The van der Waals surface area contributed by atoms with Crippen LogP contribution in [0.15, 0.2) is 0 Å². The summed E-state index contributed by atoms with van der Waals surface area (Å²) in [6.07, 6.45) is 9.66. The molecule has 0 saturated heterocycles. The third-order valence-electron chi connectivity index (χ3n) is 3.46. The van der Waals surface area contributed by atoms with E-state index < -0.39 is 0 Å². The second kappa shape index (κ2) is 19.8. The van der Waals surface area contributed by atoms with Gasteiger partial charge < -0.3 is 53.3 Å². The van der Waals surface area contributed by atoms with Gasteiger partial charge in [-0.05, 0) is 44.4 Å². The van der Waals surface area contributed by atoms with Crippen molar-refractivity contribution < 1.29 is 53.3 Å². The maximum Gasteiger partial charge on any atom is 0.112 e. The molecule has 0 amide bonds. The van der Waals surface area contributed by atoms with Gasteiger partial charge in [0.25, 0.3) is 0 Å². The van der Waals surface area contributed by atoms with Crippen LogP contribution >= 0.6 is 0 Å². The molecule has 1 nitrogen and oxygen atoms in total. The van der Waals surface area contributed by atoms with Crippen LogP contribution in [-0.4, -0.2) is 23.6 Å². The zero-order valence-corrected chi connectivity index (χ0v) is 18.5. The standard InChI is InChI=1S/C15H33NS.2HI/c1-5-10-15(11-6-2)16-12-8-9-13-17-14(4)7-3;;/h14-16H,5-13H2,1-4H3;2*1H. The normalized spacial score (nSPS) is 11.8. The van der Waals surface area contributed by atoms with Crippen molar-refractivity contribution in [2.24, 2.45) is 0 Å². The Morgan fingerprint density at radius 1 is 0.947 bits per heavy atom. The summed E-state index contributed by atoms with van der Waals surface area (Å²) in [5.41, 5.74) is 0. The van der Waals surface area contributed by atoms with Gasteiger partial charge in [0.2, 0.25) is 0 Å². The van der Waals surface area contributed by atoms with E-state index in [0.29, 0.717) is 0 Å². The maximum atomic E-state index is 2.60. The summed E-state index contributed by atoms with van der Waals surface area (Å²) in [7, 11) is 0. The number of thiol groups is 1. The number of rotatable bonds is 12. The first-order valence-corrected chi connectivity index (χ1v) is 8.89. The summed E-state index contributed by atoms with van der Waals surface area (Å²) in [5, 5.41) is 3.51. The van der Waals surface area contributed by atoms with Crippen molar-refractivity contribution in [3.05, 3.63) is 0 Å². The highest BCUT2D eigenvalue weighted by molar-refractivity contribution is 7.79. The molecule has 0 fully saturated rings. The lowest BCUT2D eigenvalue weighted by Crippen LogP contribution is -3.00. The van der Waals surface area contributed by atoms with Crippen molar-refractivity contribution in [2.45, 2.75) is 83.9 Å². The zero-order chi connectivity index (χ0) is 12.9. The van der Waals surface area contributed by atoms with Crippen molar-refractivity contribution in [3.8, 4) is 0 Å². The average molecular weight is 515 g/mol. The molecule has 0 aliphatic carbocycles. The number of unbranched alkanes of at least 4 members (excludes halogenated alkanes) is 1. The summed E-state index contributed by atoms with van der Waals surface area (Å²) in [6, 6.07) is 0.900. The monoisotopic (exact) mass is 515 g/mol. The molecule has 0 aliphatic heterocycles. The quantitative estimate of drug-likeness (QED) is 0.123. The highest BCUT2D eigenvalue weighted by atomic mass is 127. The van der Waals surface area contributed by atoms with Crippen LogP contribution in [0.1, 0.15) is 72.6 Å². The van der Waals surface area contributed by atoms with Gasteiger partial charge in [0.15, 0.2) is 0 Å². The first-order chi connectivity index (χ1) is 8.24. The van der Waals surface area contributed by atoms with Crippen LogP contribution in [0.2, 0.25) is 0 Å². The number of halogens is 2. The number of nitrogens with two attached hydrogens (primary N) is 1. The lowest BCUT2D eigenvalue weighted by Gasteiger charge is -2.13. The summed E-state index contributed by atoms with van der Waals surface area (Å²) in [5.74, 6) is 1.41. The Morgan fingerprint density at radius 3 is 2.00 bits per heavy atom. The van der Waals surface area contributed by atoms with Gasteiger partial charge in [-0.3, -0.25) is 0 Å². The summed E-state index contributed by atoms with van der Waals surface area (Å²) in [6.45, 7) is 10.6. The molecule has 0 radical (unpaired) electrons. The number of hydrogen-bond acceptors (Lipinski definition) is 0. The third-order valence-corrected chi connectivity index (χ3v) is 5.03. The van der Waals surface area contributed by atoms with Crippen LogP contribution in [0, 0.1) is 0 Å². The summed E-state index contributed by atoms with van der Waals surface area (Å²) < 4.78 is 0. The first kappa shape index (κ1) is 25.7. The fraction of sp³-hybridized carbons (Fsp3) is 1.00. The predicted molar refractivity (Wildman–Crippen MR) is 83.0 cm³/mol. The predicted octanol–water partition coefficient (Wildman–Crippen LogP) is -3.08. The molecule has 0 heterocycles. The molecule has 2 N–H and O–H groups in total. The van der Waals surface area contributed by atoms with Gasteiger partial charge >= 0.3 is 0 Å². The zero-order valence-electron chi connectivity index (χ0n) is 13.3. The Bertz CT molecular complexity index is 153. The lowest BCUT2D eigenvalue weighted by molar-refractivity contribution is -0.690. The molecule has 0 aliphatic rings. The SMILES string of the molecule is CCCC(CCC)[NH2+]CCCC[SH+]C(C)CC.[I-].[I-]. The molecular formula is C15H35I2NS. The highest BCUT2D eigenvalue weighted by Gasteiger charge is 2.10. The minimum absolute atomic E-state index is 0. The molecule has 19 heavy (non-hydrogen) atoms. The molecule has 0 aromatic carbocycles. The van der Waals surface area contributed by atoms with Crippen LogP contribution in [0.3, 0.4) is 0 Å². The largest absolute Gasteiger partial charge is 1.00 e. The Balaban J connectivity index is -0.00000128. The van der Waals surface area contributed by atoms with Gasteiger partial charge in [-0.25, -0.2) is 0 Å². The van der Waals surface area contributed by atoms with Gasteiger partial charge in [0.1, 0.15) is 11.0 Å². The van der Waals surface area contributed by atoms with E-state index in [1.807, 2.05) is 0 Å². The second-order valence-corrected chi connectivity index (χ2v) is 6.93. The molecule has 1 unspecified atom stereocenters. The molecule has 4 heteroatoms. The molecular weight excluding hydrogens is 480 g/mol. The second-order valence-electron chi connectivity index (χ2n) is 5.23. The van der Waals surface area contributed by atoms with E-state index in [4.69, 9.17) is 0 Å². The Morgan fingerprint density at radius 2 is 1.53 bits per heavy atom. The fourth-order valence-electron chi connectivity index (χ4n) is 2.17. The molecule has 0 aromatic heterocycles. The smallest absolute Gasteiger partial charge is 0.112 e. The third kappa shape index (κ3) is 17.7. The highest BCUT2D eigenvalue weighted by Crippen LogP contribution is 2.01. The van der Waals surface area contributed by atoms with Crippen molar-refractivity contribution in [1.29, 1.82) is 0 Å². The molecule has 0 bridgehead atoms. The topological polar surface area (TPSA) is 16.6 Å². The van der Waals surface area contributed by atoms with Crippen molar-refractivity contribution >= 4 is 11.8 Å². The van der Waals surface area contributed by atoms with Gasteiger partial charge in [-0.2, -0.15) is 0 Å². The lowest BCUT2D eigenvalue weighted by atomic mass is 10.1. The van der Waals surface area contributed by atoms with Crippen molar-refractivity contribution in [2.75, 3.05) is 12.3 Å². The molecule has 0 spiro atoms. The van der Waals surface area contributed by atoms with E-state index in [1.165, 1.54) is 57.2 Å². The van der Waals surface area contributed by atoms with Gasteiger partial charge in [-0.1, -0.05) is 33.6 Å². The molecule has 1 atom stereocenters. The molecule has 120 valence electrons. The van der Waals surface area contributed by atoms with Gasteiger partial charge in [0.05, 0.1) is 12.6 Å². The number of quaternary nitrogens is 1. The van der Waals surface area contributed by atoms with E-state index in [0.717, 1.165) is 11.3 Å². The van der Waals surface area contributed by atoms with Gasteiger partial charge in [-0.15, -0.1) is 0 Å². The van der Waals surface area contributed by atoms with Crippen LogP contribution < -0.4 is 53.3 Å². The van der Waals surface area contributed by atoms with Crippen LogP contribution in [-0.2, 0) is 11.8 Å². The molecule has 0 aromatic rings. The Hall–Kier alpha value is 1.77. The Kier molecular flexibility index (Phi) is 26.8. The van der Waals surface area contributed by atoms with Crippen molar-refractivity contribution in [3.63, 3.8) is 0 Å². The van der Waals surface area contributed by atoms with Crippen LogP contribution in [0.25, 0.3) is 0 Å².